The van der Waals surface area contributed by atoms with Crippen molar-refractivity contribution in [2.45, 2.75) is 19.3 Å². The van der Waals surface area contributed by atoms with E-state index in [1.165, 1.54) is 18.0 Å². The summed E-state index contributed by atoms with van der Waals surface area (Å²) in [7, 11) is 0. The van der Waals surface area contributed by atoms with E-state index in [4.69, 9.17) is 5.11 Å². The number of aromatic carboxylic acids is 1. The summed E-state index contributed by atoms with van der Waals surface area (Å²) in [6.45, 7) is 0. The molecule has 0 aliphatic rings. The lowest BCUT2D eigenvalue weighted by Crippen LogP contribution is -2.02. The van der Waals surface area contributed by atoms with Gasteiger partial charge in [0.15, 0.2) is 0 Å². The zero-order chi connectivity index (χ0) is 12.8. The van der Waals surface area contributed by atoms with Crippen LogP contribution in [0.5, 0.6) is 0 Å². The van der Waals surface area contributed by atoms with Crippen LogP contribution in [0.25, 0.3) is 0 Å². The summed E-state index contributed by atoms with van der Waals surface area (Å²) < 4.78 is 0. The van der Waals surface area contributed by atoms with Crippen LogP contribution >= 0.6 is 0 Å². The summed E-state index contributed by atoms with van der Waals surface area (Å²) in [5, 5.41) is 8.72. The van der Waals surface area contributed by atoms with Gasteiger partial charge in [-0.3, -0.25) is 0 Å². The Balaban J connectivity index is 1.85. The molecule has 0 aliphatic carbocycles. The molecule has 0 unspecified atom stereocenters. The number of nitrogens with zero attached hydrogens (tertiary/aromatic N) is 2. The first-order chi connectivity index (χ1) is 8.75. The number of carboxylic acids is 1. The van der Waals surface area contributed by atoms with Gasteiger partial charge in [0.25, 0.3) is 0 Å². The van der Waals surface area contributed by atoms with Gasteiger partial charge in [-0.2, -0.15) is 0 Å². The molecule has 0 fully saturated rings. The van der Waals surface area contributed by atoms with E-state index < -0.39 is 5.97 Å². The standard InChI is InChI=1S/C14H14N2O2/c17-14(18)12-9-15-13(16-10-12)8-4-7-11-5-2-1-3-6-11/h1-3,5-6,9-10H,4,7-8H2,(H,17,18). The molecule has 0 saturated carbocycles. The van der Waals surface area contributed by atoms with E-state index in [0.29, 0.717) is 5.82 Å². The van der Waals surface area contributed by atoms with Crippen LogP contribution in [0.4, 0.5) is 0 Å². The molecule has 0 bridgehead atoms. The molecule has 2 rings (SSSR count). The number of aromatic nitrogens is 2. The Morgan fingerprint density at radius 1 is 1.06 bits per heavy atom. The molecular weight excluding hydrogens is 228 g/mol. The van der Waals surface area contributed by atoms with Crippen molar-refractivity contribution in [3.05, 3.63) is 59.7 Å². The number of hydrogen-bond donors (Lipinski definition) is 1. The van der Waals surface area contributed by atoms with Gasteiger partial charge in [-0.15, -0.1) is 0 Å². The second-order valence-corrected chi connectivity index (χ2v) is 4.03. The van der Waals surface area contributed by atoms with Gasteiger partial charge < -0.3 is 5.11 Å². The molecular formula is C14H14N2O2. The van der Waals surface area contributed by atoms with Gasteiger partial charge in [0.1, 0.15) is 5.82 Å². The van der Waals surface area contributed by atoms with Crippen LogP contribution < -0.4 is 0 Å². The maximum atomic E-state index is 10.6. The van der Waals surface area contributed by atoms with E-state index in [-0.39, 0.29) is 5.56 Å². The Kier molecular flexibility index (Phi) is 4.02. The maximum Gasteiger partial charge on any atom is 0.338 e. The molecule has 2 aromatic rings. The third kappa shape index (κ3) is 3.38. The molecule has 4 heteroatoms. The minimum absolute atomic E-state index is 0.127. The highest BCUT2D eigenvalue weighted by Crippen LogP contribution is 2.05. The van der Waals surface area contributed by atoms with Crippen molar-refractivity contribution in [1.82, 2.24) is 9.97 Å². The quantitative estimate of drug-likeness (QED) is 0.874. The van der Waals surface area contributed by atoms with Gasteiger partial charge in [0, 0.05) is 18.8 Å². The largest absolute Gasteiger partial charge is 0.478 e. The molecule has 4 nitrogen and oxygen atoms in total. The molecule has 0 radical (unpaired) electrons. The van der Waals surface area contributed by atoms with Crippen LogP contribution in [-0.2, 0) is 12.8 Å². The van der Waals surface area contributed by atoms with E-state index in [9.17, 15) is 4.79 Å². The minimum atomic E-state index is -0.995. The van der Waals surface area contributed by atoms with E-state index >= 15 is 0 Å². The molecule has 1 aromatic heterocycles. The lowest BCUT2D eigenvalue weighted by atomic mass is 10.1. The average molecular weight is 242 g/mol. The molecule has 1 N–H and O–H groups in total. The summed E-state index contributed by atoms with van der Waals surface area (Å²) in [4.78, 5) is 18.7. The molecule has 0 aliphatic heterocycles. The predicted molar refractivity (Wildman–Crippen MR) is 67.5 cm³/mol. The van der Waals surface area contributed by atoms with Crippen molar-refractivity contribution in [3.8, 4) is 0 Å². The number of hydrogen-bond acceptors (Lipinski definition) is 3. The van der Waals surface area contributed by atoms with E-state index in [0.717, 1.165) is 19.3 Å². The van der Waals surface area contributed by atoms with E-state index in [1.54, 1.807) is 0 Å². The Bertz CT molecular complexity index is 509. The highest BCUT2D eigenvalue weighted by Gasteiger charge is 2.04. The smallest absolute Gasteiger partial charge is 0.338 e. The molecule has 92 valence electrons. The number of carbonyl (C=O) groups is 1. The summed E-state index contributed by atoms with van der Waals surface area (Å²) in [5.41, 5.74) is 1.42. The third-order valence-corrected chi connectivity index (χ3v) is 2.66. The van der Waals surface area contributed by atoms with Crippen molar-refractivity contribution >= 4 is 5.97 Å². The summed E-state index contributed by atoms with van der Waals surface area (Å²) in [6.07, 6.45) is 5.40. The number of carboxylic acid groups (broad SMARTS) is 1. The van der Waals surface area contributed by atoms with Crippen molar-refractivity contribution in [1.29, 1.82) is 0 Å². The van der Waals surface area contributed by atoms with Crippen LogP contribution in [0.2, 0.25) is 0 Å². The van der Waals surface area contributed by atoms with Crippen molar-refractivity contribution in [2.75, 3.05) is 0 Å². The lowest BCUT2D eigenvalue weighted by molar-refractivity contribution is 0.0696. The molecule has 0 saturated heterocycles. The van der Waals surface area contributed by atoms with Crippen molar-refractivity contribution < 1.29 is 9.90 Å². The summed E-state index contributed by atoms with van der Waals surface area (Å²) in [5.74, 6) is -0.304. The third-order valence-electron chi connectivity index (χ3n) is 2.66. The number of benzene rings is 1. The highest BCUT2D eigenvalue weighted by atomic mass is 16.4. The van der Waals surface area contributed by atoms with Crippen LogP contribution in [0.1, 0.15) is 28.2 Å². The molecule has 18 heavy (non-hydrogen) atoms. The van der Waals surface area contributed by atoms with Gasteiger partial charge in [-0.1, -0.05) is 30.3 Å². The fourth-order valence-corrected chi connectivity index (χ4v) is 1.69. The molecule has 0 spiro atoms. The maximum absolute atomic E-state index is 10.6. The fourth-order valence-electron chi connectivity index (χ4n) is 1.69. The Morgan fingerprint density at radius 2 is 1.72 bits per heavy atom. The Morgan fingerprint density at radius 3 is 2.33 bits per heavy atom. The van der Waals surface area contributed by atoms with Crippen LogP contribution in [0.15, 0.2) is 42.7 Å². The predicted octanol–water partition coefficient (Wildman–Crippen LogP) is 2.35. The van der Waals surface area contributed by atoms with Crippen molar-refractivity contribution in [3.63, 3.8) is 0 Å². The Hall–Kier alpha value is -2.23. The molecule has 1 heterocycles. The highest BCUT2D eigenvalue weighted by molar-refractivity contribution is 5.86. The first-order valence-corrected chi connectivity index (χ1v) is 5.84. The first-order valence-electron chi connectivity index (χ1n) is 5.84. The zero-order valence-corrected chi connectivity index (χ0v) is 9.91. The normalized spacial score (nSPS) is 10.2. The Labute approximate surface area is 105 Å². The average Bonchev–Trinajstić information content (AvgIpc) is 2.40. The van der Waals surface area contributed by atoms with Gasteiger partial charge in [-0.05, 0) is 18.4 Å². The van der Waals surface area contributed by atoms with Gasteiger partial charge in [0.2, 0.25) is 0 Å². The van der Waals surface area contributed by atoms with Crippen LogP contribution in [0.3, 0.4) is 0 Å². The molecule has 1 aromatic carbocycles. The topological polar surface area (TPSA) is 63.1 Å². The van der Waals surface area contributed by atoms with E-state index in [1.807, 2.05) is 18.2 Å². The summed E-state index contributed by atoms with van der Waals surface area (Å²) in [6, 6.07) is 10.2. The molecule has 0 atom stereocenters. The van der Waals surface area contributed by atoms with Crippen molar-refractivity contribution in [2.24, 2.45) is 0 Å². The van der Waals surface area contributed by atoms with Gasteiger partial charge in [-0.25, -0.2) is 14.8 Å². The van der Waals surface area contributed by atoms with E-state index in [2.05, 4.69) is 22.1 Å². The molecule has 0 amide bonds. The fraction of sp³-hybridized carbons (Fsp3) is 0.214. The zero-order valence-electron chi connectivity index (χ0n) is 9.91. The first kappa shape index (κ1) is 12.2. The monoisotopic (exact) mass is 242 g/mol. The second kappa shape index (κ2) is 5.91. The SMILES string of the molecule is O=C(O)c1cnc(CCCc2ccccc2)nc1. The summed E-state index contributed by atoms with van der Waals surface area (Å²) >= 11 is 0. The van der Waals surface area contributed by atoms with Gasteiger partial charge >= 0.3 is 5.97 Å². The number of rotatable bonds is 5. The number of aryl methyl sites for hydroxylation is 2. The second-order valence-electron chi connectivity index (χ2n) is 4.03. The van der Waals surface area contributed by atoms with Crippen LogP contribution in [-0.4, -0.2) is 21.0 Å². The minimum Gasteiger partial charge on any atom is -0.478 e. The van der Waals surface area contributed by atoms with Crippen LogP contribution in [0, 0.1) is 0 Å². The lowest BCUT2D eigenvalue weighted by Gasteiger charge is -2.01. The van der Waals surface area contributed by atoms with Gasteiger partial charge in [0.05, 0.1) is 5.56 Å².